The van der Waals surface area contributed by atoms with E-state index in [9.17, 15) is 5.11 Å². The largest absolute Gasteiger partial charge is 0.451 e. The molecule has 2 unspecified atom stereocenters. The van der Waals surface area contributed by atoms with Gasteiger partial charge in [-0.3, -0.25) is 0 Å². The molecule has 0 spiro atoms. The van der Waals surface area contributed by atoms with Gasteiger partial charge in [-0.1, -0.05) is 50.1 Å². The minimum absolute atomic E-state index is 0.0799. The number of hydrogen-bond acceptors (Lipinski definition) is 3. The SMILES string of the molecule is CCCCC(c1ccccc1)C(O)c1cocn1. The maximum Gasteiger partial charge on any atom is 0.180 e. The molecule has 0 radical (unpaired) electrons. The van der Waals surface area contributed by atoms with Crippen molar-refractivity contribution < 1.29 is 9.52 Å². The fourth-order valence-corrected chi connectivity index (χ4v) is 2.21. The highest BCUT2D eigenvalue weighted by Gasteiger charge is 2.23. The van der Waals surface area contributed by atoms with E-state index in [0.717, 1.165) is 24.8 Å². The third kappa shape index (κ3) is 2.99. The smallest absolute Gasteiger partial charge is 0.180 e. The zero-order chi connectivity index (χ0) is 12.8. The summed E-state index contributed by atoms with van der Waals surface area (Å²) in [7, 11) is 0. The summed E-state index contributed by atoms with van der Waals surface area (Å²) in [6.07, 6.45) is 5.45. The Hall–Kier alpha value is -1.61. The van der Waals surface area contributed by atoms with Gasteiger partial charge in [-0.05, 0) is 12.0 Å². The number of nitrogens with zero attached hydrogens (tertiary/aromatic N) is 1. The van der Waals surface area contributed by atoms with E-state index < -0.39 is 6.10 Å². The molecule has 0 saturated heterocycles. The molecule has 2 aromatic rings. The summed E-state index contributed by atoms with van der Waals surface area (Å²) in [5.41, 5.74) is 1.77. The lowest BCUT2D eigenvalue weighted by atomic mass is 9.87. The maximum atomic E-state index is 10.4. The van der Waals surface area contributed by atoms with E-state index in [1.165, 1.54) is 12.7 Å². The van der Waals surface area contributed by atoms with Crippen LogP contribution in [0, 0.1) is 0 Å². The Morgan fingerprint density at radius 3 is 2.67 bits per heavy atom. The first-order valence-electron chi connectivity index (χ1n) is 6.44. The van der Waals surface area contributed by atoms with Crippen LogP contribution in [0.3, 0.4) is 0 Å². The molecule has 1 heterocycles. The van der Waals surface area contributed by atoms with Crippen molar-refractivity contribution in [2.45, 2.75) is 38.2 Å². The summed E-state index contributed by atoms with van der Waals surface area (Å²) in [6.45, 7) is 2.16. The average Bonchev–Trinajstić information content (AvgIpc) is 2.94. The Labute approximate surface area is 107 Å². The fourth-order valence-electron chi connectivity index (χ4n) is 2.21. The van der Waals surface area contributed by atoms with E-state index in [4.69, 9.17) is 4.42 Å². The minimum atomic E-state index is -0.599. The zero-order valence-corrected chi connectivity index (χ0v) is 10.6. The number of oxazole rings is 1. The van der Waals surface area contributed by atoms with Crippen molar-refractivity contribution in [3.05, 3.63) is 54.2 Å². The lowest BCUT2D eigenvalue weighted by Gasteiger charge is -2.21. The topological polar surface area (TPSA) is 46.3 Å². The summed E-state index contributed by atoms with van der Waals surface area (Å²) in [4.78, 5) is 4.05. The van der Waals surface area contributed by atoms with E-state index >= 15 is 0 Å². The van der Waals surface area contributed by atoms with Gasteiger partial charge in [-0.15, -0.1) is 0 Å². The van der Waals surface area contributed by atoms with Crippen LogP contribution in [0.2, 0.25) is 0 Å². The second-order valence-electron chi connectivity index (χ2n) is 4.52. The molecule has 0 bridgehead atoms. The molecule has 1 N–H and O–H groups in total. The Morgan fingerprint density at radius 1 is 1.28 bits per heavy atom. The second-order valence-corrected chi connectivity index (χ2v) is 4.52. The molecule has 3 nitrogen and oxygen atoms in total. The van der Waals surface area contributed by atoms with Crippen molar-refractivity contribution in [3.63, 3.8) is 0 Å². The van der Waals surface area contributed by atoms with Crippen molar-refractivity contribution in [3.8, 4) is 0 Å². The summed E-state index contributed by atoms with van der Waals surface area (Å²) in [5.74, 6) is 0.0799. The van der Waals surface area contributed by atoms with Crippen LogP contribution in [-0.4, -0.2) is 10.1 Å². The molecule has 0 amide bonds. The molecule has 96 valence electrons. The van der Waals surface area contributed by atoms with E-state index in [1.54, 1.807) is 0 Å². The maximum absolute atomic E-state index is 10.4. The molecule has 18 heavy (non-hydrogen) atoms. The lowest BCUT2D eigenvalue weighted by Crippen LogP contribution is -2.11. The average molecular weight is 245 g/mol. The van der Waals surface area contributed by atoms with Crippen molar-refractivity contribution in [2.24, 2.45) is 0 Å². The molecular formula is C15H19NO2. The number of aliphatic hydroxyl groups excluding tert-OH is 1. The van der Waals surface area contributed by atoms with Crippen LogP contribution < -0.4 is 0 Å². The van der Waals surface area contributed by atoms with Gasteiger partial charge in [-0.25, -0.2) is 4.98 Å². The first-order chi connectivity index (χ1) is 8.83. The minimum Gasteiger partial charge on any atom is -0.451 e. The van der Waals surface area contributed by atoms with Crippen LogP contribution >= 0.6 is 0 Å². The molecule has 0 fully saturated rings. The van der Waals surface area contributed by atoms with Gasteiger partial charge >= 0.3 is 0 Å². The number of hydrogen-bond donors (Lipinski definition) is 1. The number of benzene rings is 1. The van der Waals surface area contributed by atoms with Gasteiger partial charge in [0.2, 0.25) is 0 Å². The van der Waals surface area contributed by atoms with E-state index in [-0.39, 0.29) is 5.92 Å². The van der Waals surface area contributed by atoms with Gasteiger partial charge < -0.3 is 9.52 Å². The number of rotatable bonds is 6. The molecule has 3 heteroatoms. The summed E-state index contributed by atoms with van der Waals surface area (Å²) < 4.78 is 4.96. The molecule has 0 saturated carbocycles. The van der Waals surface area contributed by atoms with Crippen LogP contribution in [0.5, 0.6) is 0 Å². The normalized spacial score (nSPS) is 14.3. The third-order valence-corrected chi connectivity index (χ3v) is 3.23. The van der Waals surface area contributed by atoms with Crippen molar-refractivity contribution in [1.29, 1.82) is 0 Å². The van der Waals surface area contributed by atoms with E-state index in [2.05, 4.69) is 24.0 Å². The quantitative estimate of drug-likeness (QED) is 0.844. The van der Waals surface area contributed by atoms with Crippen LogP contribution in [-0.2, 0) is 0 Å². The Morgan fingerprint density at radius 2 is 2.06 bits per heavy atom. The first kappa shape index (κ1) is 12.8. The highest BCUT2D eigenvalue weighted by Crippen LogP contribution is 2.34. The van der Waals surface area contributed by atoms with E-state index in [0.29, 0.717) is 5.69 Å². The Bertz CT molecular complexity index is 439. The van der Waals surface area contributed by atoms with Crippen molar-refractivity contribution in [2.75, 3.05) is 0 Å². The highest BCUT2D eigenvalue weighted by atomic mass is 16.3. The summed E-state index contributed by atoms with van der Waals surface area (Å²) in [5, 5.41) is 10.4. The second kappa shape index (κ2) is 6.36. The molecule has 0 aliphatic heterocycles. The lowest BCUT2D eigenvalue weighted by molar-refractivity contribution is 0.134. The highest BCUT2D eigenvalue weighted by molar-refractivity contribution is 5.22. The monoisotopic (exact) mass is 245 g/mol. The van der Waals surface area contributed by atoms with Crippen molar-refractivity contribution >= 4 is 0 Å². The number of aliphatic hydroxyl groups is 1. The molecule has 1 aromatic carbocycles. The predicted octanol–water partition coefficient (Wildman–Crippen LogP) is 3.68. The van der Waals surface area contributed by atoms with Crippen molar-refractivity contribution in [1.82, 2.24) is 4.98 Å². The third-order valence-electron chi connectivity index (χ3n) is 3.23. The number of unbranched alkanes of at least 4 members (excludes halogenated alkanes) is 1. The molecule has 0 aliphatic carbocycles. The van der Waals surface area contributed by atoms with Gasteiger partial charge in [-0.2, -0.15) is 0 Å². The molecule has 1 aromatic heterocycles. The molecular weight excluding hydrogens is 226 g/mol. The number of aromatic nitrogens is 1. The molecule has 2 atom stereocenters. The van der Waals surface area contributed by atoms with E-state index in [1.807, 2.05) is 18.2 Å². The van der Waals surface area contributed by atoms with Gasteiger partial charge in [0.1, 0.15) is 18.1 Å². The van der Waals surface area contributed by atoms with Crippen LogP contribution in [0.4, 0.5) is 0 Å². The Kier molecular flexibility index (Phi) is 4.53. The predicted molar refractivity (Wildman–Crippen MR) is 70.2 cm³/mol. The van der Waals surface area contributed by atoms with Crippen LogP contribution in [0.15, 0.2) is 47.4 Å². The van der Waals surface area contributed by atoms with Gasteiger partial charge in [0.15, 0.2) is 6.39 Å². The van der Waals surface area contributed by atoms with Crippen LogP contribution in [0.25, 0.3) is 0 Å². The standard InChI is InChI=1S/C15H19NO2/c1-2-3-9-13(12-7-5-4-6-8-12)15(17)14-10-18-11-16-14/h4-8,10-11,13,15,17H,2-3,9H2,1H3. The van der Waals surface area contributed by atoms with Gasteiger partial charge in [0, 0.05) is 5.92 Å². The first-order valence-corrected chi connectivity index (χ1v) is 6.44. The fraction of sp³-hybridized carbons (Fsp3) is 0.400. The van der Waals surface area contributed by atoms with Gasteiger partial charge in [0.25, 0.3) is 0 Å². The summed E-state index contributed by atoms with van der Waals surface area (Å²) in [6, 6.07) is 10.1. The summed E-state index contributed by atoms with van der Waals surface area (Å²) >= 11 is 0. The molecule has 2 rings (SSSR count). The Balaban J connectivity index is 2.20. The molecule has 0 aliphatic rings. The van der Waals surface area contributed by atoms with Gasteiger partial charge in [0.05, 0.1) is 0 Å². The van der Waals surface area contributed by atoms with Crippen LogP contribution in [0.1, 0.15) is 49.5 Å². The zero-order valence-electron chi connectivity index (χ0n) is 10.6.